The van der Waals surface area contributed by atoms with Crippen LogP contribution >= 0.6 is 0 Å². The summed E-state index contributed by atoms with van der Waals surface area (Å²) in [4.78, 5) is 28.7. The molecule has 0 atom stereocenters. The highest BCUT2D eigenvalue weighted by atomic mass is 19.1. The molecule has 1 aromatic carbocycles. The third kappa shape index (κ3) is 3.15. The molecule has 0 spiro atoms. The van der Waals surface area contributed by atoms with Crippen LogP contribution in [-0.2, 0) is 13.1 Å². The summed E-state index contributed by atoms with van der Waals surface area (Å²) in [6, 6.07) is 2.32. The fraction of sp³-hybridized carbons (Fsp3) is 0.421. The van der Waals surface area contributed by atoms with Gasteiger partial charge < -0.3 is 9.67 Å². The van der Waals surface area contributed by atoms with Crippen LogP contribution in [0.25, 0.3) is 11.0 Å². The van der Waals surface area contributed by atoms with Crippen molar-refractivity contribution in [2.75, 3.05) is 0 Å². The van der Waals surface area contributed by atoms with Gasteiger partial charge in [-0.2, -0.15) is 0 Å². The van der Waals surface area contributed by atoms with Gasteiger partial charge in [0, 0.05) is 24.8 Å². The lowest BCUT2D eigenvalue weighted by molar-refractivity contribution is 0.0692. The van der Waals surface area contributed by atoms with Crippen LogP contribution in [0.1, 0.15) is 55.7 Å². The predicted octanol–water partition coefficient (Wildman–Crippen LogP) is 3.27. The Balaban J connectivity index is 2.30. The van der Waals surface area contributed by atoms with Crippen LogP contribution in [0.5, 0.6) is 0 Å². The smallest absolute Gasteiger partial charge is 0.338 e. The molecule has 0 unspecified atom stereocenters. The molecule has 2 heterocycles. The summed E-state index contributed by atoms with van der Waals surface area (Å²) in [5.41, 5.74) is 0.934. The van der Waals surface area contributed by atoms with E-state index in [1.165, 1.54) is 10.6 Å². The molecule has 8 heteroatoms. The average molecular weight is 374 g/mol. The summed E-state index contributed by atoms with van der Waals surface area (Å²) in [5, 5.41) is 9.28. The van der Waals surface area contributed by atoms with E-state index in [0.29, 0.717) is 30.4 Å². The molecule has 1 N–H and O–H groups in total. The van der Waals surface area contributed by atoms with Crippen LogP contribution in [0.2, 0.25) is 0 Å². The topological polar surface area (TPSA) is 82.0 Å². The summed E-state index contributed by atoms with van der Waals surface area (Å²) in [7, 11) is 0. The van der Waals surface area contributed by atoms with E-state index in [-0.39, 0.29) is 18.3 Å². The van der Waals surface area contributed by atoms with Crippen LogP contribution in [0, 0.1) is 5.82 Å². The van der Waals surface area contributed by atoms with E-state index in [1.54, 1.807) is 17.1 Å². The number of hydrogen-bond acceptors (Lipinski definition) is 3. The van der Waals surface area contributed by atoms with Gasteiger partial charge in [-0.1, -0.05) is 13.8 Å². The molecule has 0 saturated heterocycles. The van der Waals surface area contributed by atoms with Crippen LogP contribution in [0.3, 0.4) is 0 Å². The van der Waals surface area contributed by atoms with E-state index < -0.39 is 17.3 Å². The Bertz CT molecular complexity index is 1040. The standard InChI is InChI=1S/C19H23FN4O3/c1-4-12(5-2)24-17-8-15(20)14(18(25)26)7-16(17)23(19(24)27)10-13-9-21-11-22(13)6-3/h7-9,11-12H,4-6,10H2,1-3H3,(H,25,26). The molecular weight excluding hydrogens is 351 g/mol. The van der Waals surface area contributed by atoms with Gasteiger partial charge in [0.2, 0.25) is 0 Å². The summed E-state index contributed by atoms with van der Waals surface area (Å²) < 4.78 is 19.3. The zero-order valence-corrected chi connectivity index (χ0v) is 15.6. The number of carboxylic acids is 1. The lowest BCUT2D eigenvalue weighted by Crippen LogP contribution is -2.28. The molecule has 0 radical (unpaired) electrons. The first-order chi connectivity index (χ1) is 12.9. The maximum Gasteiger partial charge on any atom is 0.338 e. The molecule has 0 aliphatic carbocycles. The lowest BCUT2D eigenvalue weighted by Gasteiger charge is -2.14. The van der Waals surface area contributed by atoms with Crippen molar-refractivity contribution in [1.29, 1.82) is 0 Å². The van der Waals surface area contributed by atoms with Crippen molar-refractivity contribution in [2.45, 2.75) is 52.7 Å². The fourth-order valence-corrected chi connectivity index (χ4v) is 3.55. The van der Waals surface area contributed by atoms with Crippen molar-refractivity contribution in [3.8, 4) is 0 Å². The summed E-state index contributed by atoms with van der Waals surface area (Å²) in [6.45, 7) is 6.85. The number of benzene rings is 1. The van der Waals surface area contributed by atoms with Gasteiger partial charge in [0.25, 0.3) is 0 Å². The molecule has 0 fully saturated rings. The van der Waals surface area contributed by atoms with Gasteiger partial charge in [-0.05, 0) is 25.8 Å². The van der Waals surface area contributed by atoms with Crippen LogP contribution in [-0.4, -0.2) is 29.8 Å². The number of rotatable bonds is 7. The van der Waals surface area contributed by atoms with Crippen molar-refractivity contribution in [3.63, 3.8) is 0 Å². The molecule has 0 saturated carbocycles. The fourth-order valence-electron chi connectivity index (χ4n) is 3.55. The molecule has 144 valence electrons. The van der Waals surface area contributed by atoms with Crippen molar-refractivity contribution in [3.05, 3.63) is 52.2 Å². The second kappa shape index (κ2) is 7.38. The van der Waals surface area contributed by atoms with Gasteiger partial charge in [-0.25, -0.2) is 19.0 Å². The van der Waals surface area contributed by atoms with E-state index in [4.69, 9.17) is 0 Å². The van der Waals surface area contributed by atoms with E-state index in [1.807, 2.05) is 25.3 Å². The molecule has 0 aliphatic heterocycles. The lowest BCUT2D eigenvalue weighted by atomic mass is 10.1. The molecule has 27 heavy (non-hydrogen) atoms. The number of hydrogen-bond donors (Lipinski definition) is 1. The monoisotopic (exact) mass is 374 g/mol. The Hall–Kier alpha value is -2.90. The van der Waals surface area contributed by atoms with Gasteiger partial charge in [0.1, 0.15) is 5.82 Å². The normalized spacial score (nSPS) is 11.6. The quantitative estimate of drug-likeness (QED) is 0.688. The predicted molar refractivity (Wildman–Crippen MR) is 99.7 cm³/mol. The maximum absolute atomic E-state index is 14.3. The van der Waals surface area contributed by atoms with Gasteiger partial charge in [-0.3, -0.25) is 9.13 Å². The van der Waals surface area contributed by atoms with Crippen molar-refractivity contribution in [1.82, 2.24) is 18.7 Å². The van der Waals surface area contributed by atoms with Crippen LogP contribution in [0.4, 0.5) is 4.39 Å². The number of halogens is 1. The largest absolute Gasteiger partial charge is 0.478 e. The summed E-state index contributed by atoms with van der Waals surface area (Å²) in [5.74, 6) is -2.20. The van der Waals surface area contributed by atoms with E-state index in [9.17, 15) is 19.1 Å². The number of fused-ring (bicyclic) bond motifs is 1. The number of carbonyl (C=O) groups is 1. The molecule has 0 bridgehead atoms. The molecule has 0 aliphatic rings. The Labute approximate surface area is 155 Å². The van der Waals surface area contributed by atoms with Gasteiger partial charge in [-0.15, -0.1) is 0 Å². The van der Waals surface area contributed by atoms with Crippen molar-refractivity contribution < 1.29 is 14.3 Å². The SMILES string of the molecule is CCC(CC)n1c(=O)n(Cc2cncn2CC)c2cc(C(=O)O)c(F)cc21. The zero-order valence-electron chi connectivity index (χ0n) is 15.6. The number of aromatic nitrogens is 4. The highest BCUT2D eigenvalue weighted by molar-refractivity contribution is 5.93. The minimum Gasteiger partial charge on any atom is -0.478 e. The van der Waals surface area contributed by atoms with E-state index in [2.05, 4.69) is 4.98 Å². The average Bonchev–Trinajstić information content (AvgIpc) is 3.19. The molecule has 0 amide bonds. The molecule has 3 aromatic rings. The number of carboxylic acid groups (broad SMARTS) is 1. The van der Waals surface area contributed by atoms with Crippen LogP contribution in [0.15, 0.2) is 29.5 Å². The summed E-state index contributed by atoms with van der Waals surface area (Å²) in [6.07, 6.45) is 4.79. The minimum absolute atomic E-state index is 0.0904. The first-order valence-corrected chi connectivity index (χ1v) is 9.09. The highest BCUT2D eigenvalue weighted by Gasteiger charge is 2.23. The zero-order chi connectivity index (χ0) is 19.7. The molecule has 7 nitrogen and oxygen atoms in total. The number of aryl methyl sites for hydroxylation is 1. The van der Waals surface area contributed by atoms with E-state index in [0.717, 1.165) is 11.8 Å². The molecule has 3 rings (SSSR count). The van der Waals surface area contributed by atoms with Crippen LogP contribution < -0.4 is 5.69 Å². The van der Waals surface area contributed by atoms with Gasteiger partial charge >= 0.3 is 11.7 Å². The Morgan fingerprint density at radius 1 is 1.22 bits per heavy atom. The van der Waals surface area contributed by atoms with Gasteiger partial charge in [0.15, 0.2) is 0 Å². The maximum atomic E-state index is 14.3. The molecular formula is C19H23FN4O3. The van der Waals surface area contributed by atoms with Crippen molar-refractivity contribution >= 4 is 17.0 Å². The highest BCUT2D eigenvalue weighted by Crippen LogP contribution is 2.25. The minimum atomic E-state index is -1.36. The number of nitrogens with zero attached hydrogens (tertiary/aromatic N) is 4. The Morgan fingerprint density at radius 2 is 1.93 bits per heavy atom. The number of aromatic carboxylic acids is 1. The van der Waals surface area contributed by atoms with Crippen molar-refractivity contribution in [2.24, 2.45) is 0 Å². The second-order valence-corrected chi connectivity index (χ2v) is 6.51. The second-order valence-electron chi connectivity index (χ2n) is 6.51. The summed E-state index contributed by atoms with van der Waals surface area (Å²) >= 11 is 0. The molecule has 2 aromatic heterocycles. The first-order valence-electron chi connectivity index (χ1n) is 9.09. The first kappa shape index (κ1) is 18.9. The Kier molecular flexibility index (Phi) is 5.16. The number of imidazole rings is 2. The van der Waals surface area contributed by atoms with E-state index >= 15 is 0 Å². The van der Waals surface area contributed by atoms with Gasteiger partial charge in [0.05, 0.1) is 35.2 Å². The third-order valence-electron chi connectivity index (χ3n) is 5.05. The third-order valence-corrected chi connectivity index (χ3v) is 5.05. The Morgan fingerprint density at radius 3 is 2.52 bits per heavy atom.